The standard InChI is InChI=1S/C25H32N6O3S/c1-16-9-11-30(12-10-16)24-28-29-25(31(24)15-20-6-5-13-34-20)35-19(4)22(32)27-23(33)26-21-8-7-17(2)14-18(21)3/h5-8,13-14,16,19H,9-12,15H2,1-4H3,(H2,26,27,32,33). The fourth-order valence-corrected chi connectivity index (χ4v) is 4.88. The van der Waals surface area contributed by atoms with Gasteiger partial charge in [0.25, 0.3) is 0 Å². The fraction of sp³-hybridized carbons (Fsp3) is 0.440. The molecule has 2 aromatic heterocycles. The van der Waals surface area contributed by atoms with E-state index >= 15 is 0 Å². The molecule has 0 saturated carbocycles. The number of furan rings is 1. The van der Waals surface area contributed by atoms with Gasteiger partial charge in [-0.05, 0) is 63.3 Å². The van der Waals surface area contributed by atoms with Crippen molar-refractivity contribution in [3.8, 4) is 0 Å². The summed E-state index contributed by atoms with van der Waals surface area (Å²) in [6.07, 6.45) is 3.84. The van der Waals surface area contributed by atoms with Crippen molar-refractivity contribution in [3.63, 3.8) is 0 Å². The highest BCUT2D eigenvalue weighted by Crippen LogP contribution is 2.29. The van der Waals surface area contributed by atoms with Crippen LogP contribution in [0.4, 0.5) is 16.4 Å². The van der Waals surface area contributed by atoms with Crippen LogP contribution in [-0.2, 0) is 11.3 Å². The monoisotopic (exact) mass is 496 g/mol. The molecule has 4 rings (SSSR count). The zero-order valence-corrected chi connectivity index (χ0v) is 21.4. The molecule has 10 heteroatoms. The highest BCUT2D eigenvalue weighted by molar-refractivity contribution is 8.00. The average molecular weight is 497 g/mol. The van der Waals surface area contributed by atoms with Crippen molar-refractivity contribution in [1.29, 1.82) is 0 Å². The molecule has 2 N–H and O–H groups in total. The molecule has 1 aliphatic rings. The summed E-state index contributed by atoms with van der Waals surface area (Å²) in [5.74, 6) is 1.84. The first-order chi connectivity index (χ1) is 16.8. The van der Waals surface area contributed by atoms with Crippen molar-refractivity contribution in [3.05, 3.63) is 53.5 Å². The number of amides is 3. The summed E-state index contributed by atoms with van der Waals surface area (Å²) in [6.45, 7) is 10.2. The van der Waals surface area contributed by atoms with Crippen LogP contribution in [-0.4, -0.2) is 45.0 Å². The van der Waals surface area contributed by atoms with Crippen LogP contribution in [0.5, 0.6) is 0 Å². The number of nitrogens with one attached hydrogen (secondary N) is 2. The Kier molecular flexibility index (Phi) is 7.80. The predicted octanol–water partition coefficient (Wildman–Crippen LogP) is 4.60. The second-order valence-electron chi connectivity index (χ2n) is 9.14. The Hall–Kier alpha value is -3.27. The van der Waals surface area contributed by atoms with Crippen LogP contribution in [0, 0.1) is 19.8 Å². The summed E-state index contributed by atoms with van der Waals surface area (Å²) in [5, 5.41) is 14.1. The maximum absolute atomic E-state index is 12.8. The van der Waals surface area contributed by atoms with E-state index in [1.54, 1.807) is 13.2 Å². The molecule has 3 amide bonds. The van der Waals surface area contributed by atoms with Crippen molar-refractivity contribution >= 4 is 35.3 Å². The van der Waals surface area contributed by atoms with Gasteiger partial charge in [-0.1, -0.05) is 36.4 Å². The van der Waals surface area contributed by atoms with Gasteiger partial charge in [0.1, 0.15) is 5.76 Å². The maximum atomic E-state index is 12.8. The van der Waals surface area contributed by atoms with Gasteiger partial charge in [0, 0.05) is 18.8 Å². The number of thioether (sulfide) groups is 1. The lowest BCUT2D eigenvalue weighted by molar-refractivity contribution is -0.119. The summed E-state index contributed by atoms with van der Waals surface area (Å²) < 4.78 is 7.55. The van der Waals surface area contributed by atoms with Gasteiger partial charge in [-0.3, -0.25) is 14.7 Å². The summed E-state index contributed by atoms with van der Waals surface area (Å²) >= 11 is 1.27. The first-order valence-corrected chi connectivity index (χ1v) is 12.7. The van der Waals surface area contributed by atoms with Crippen molar-refractivity contribution in [2.75, 3.05) is 23.3 Å². The Bertz CT molecular complexity index is 1170. The van der Waals surface area contributed by atoms with Gasteiger partial charge >= 0.3 is 6.03 Å². The molecule has 1 aliphatic heterocycles. The van der Waals surface area contributed by atoms with Gasteiger partial charge in [0.05, 0.1) is 18.1 Å². The SMILES string of the molecule is Cc1ccc(NC(=O)NC(=O)C(C)Sc2nnc(N3CCC(C)CC3)n2Cc2ccco2)c(C)c1. The Morgan fingerprint density at radius 3 is 2.66 bits per heavy atom. The number of rotatable bonds is 7. The number of imide groups is 1. The van der Waals surface area contributed by atoms with Crippen LogP contribution in [0.3, 0.4) is 0 Å². The Balaban J connectivity index is 1.44. The Morgan fingerprint density at radius 1 is 1.20 bits per heavy atom. The van der Waals surface area contributed by atoms with E-state index in [-0.39, 0.29) is 0 Å². The molecule has 0 spiro atoms. The number of carbonyl (C=O) groups excluding carboxylic acids is 2. The molecule has 1 fully saturated rings. The lowest BCUT2D eigenvalue weighted by Crippen LogP contribution is -2.39. The second-order valence-corrected chi connectivity index (χ2v) is 10.4. The summed E-state index contributed by atoms with van der Waals surface area (Å²) in [7, 11) is 0. The van der Waals surface area contributed by atoms with E-state index in [9.17, 15) is 9.59 Å². The van der Waals surface area contributed by atoms with E-state index < -0.39 is 17.2 Å². The molecule has 3 heterocycles. The highest BCUT2D eigenvalue weighted by atomic mass is 32.2. The molecule has 0 bridgehead atoms. The van der Waals surface area contributed by atoms with Crippen LogP contribution in [0.25, 0.3) is 0 Å². The van der Waals surface area contributed by atoms with Crippen LogP contribution in [0.15, 0.2) is 46.2 Å². The number of nitrogens with zero attached hydrogens (tertiary/aromatic N) is 4. The number of aryl methyl sites for hydroxylation is 2. The Morgan fingerprint density at radius 2 is 1.97 bits per heavy atom. The Labute approximate surface area is 209 Å². The third-order valence-corrected chi connectivity index (χ3v) is 7.26. The molecule has 186 valence electrons. The number of carbonyl (C=O) groups is 2. The topological polar surface area (TPSA) is 105 Å². The first-order valence-electron chi connectivity index (χ1n) is 11.9. The quantitative estimate of drug-likeness (QED) is 0.461. The van der Waals surface area contributed by atoms with E-state index in [1.165, 1.54) is 11.8 Å². The van der Waals surface area contributed by atoms with Gasteiger partial charge in [0.2, 0.25) is 11.9 Å². The van der Waals surface area contributed by atoms with E-state index in [4.69, 9.17) is 4.42 Å². The van der Waals surface area contributed by atoms with Gasteiger partial charge in [0.15, 0.2) is 5.16 Å². The average Bonchev–Trinajstić information content (AvgIpc) is 3.47. The van der Waals surface area contributed by atoms with Crippen LogP contribution < -0.4 is 15.5 Å². The molecule has 35 heavy (non-hydrogen) atoms. The van der Waals surface area contributed by atoms with Gasteiger partial charge in [-0.25, -0.2) is 4.79 Å². The zero-order valence-electron chi connectivity index (χ0n) is 20.6. The number of benzene rings is 1. The molecular formula is C25H32N6O3S. The molecule has 3 aromatic rings. The smallest absolute Gasteiger partial charge is 0.325 e. The molecule has 9 nitrogen and oxygen atoms in total. The summed E-state index contributed by atoms with van der Waals surface area (Å²) in [6, 6.07) is 8.91. The van der Waals surface area contributed by atoms with E-state index in [1.807, 2.05) is 48.7 Å². The number of hydrogen-bond acceptors (Lipinski definition) is 7. The zero-order chi connectivity index (χ0) is 24.9. The normalized spacial score (nSPS) is 15.1. The summed E-state index contributed by atoms with van der Waals surface area (Å²) in [4.78, 5) is 27.4. The minimum Gasteiger partial charge on any atom is -0.467 e. The first kappa shape index (κ1) is 24.8. The molecule has 1 saturated heterocycles. The lowest BCUT2D eigenvalue weighted by Gasteiger charge is -2.31. The molecule has 1 unspecified atom stereocenters. The fourth-order valence-electron chi connectivity index (χ4n) is 4.04. The third kappa shape index (κ3) is 6.25. The van der Waals surface area contributed by atoms with Crippen molar-refractivity contribution in [2.45, 2.75) is 57.5 Å². The van der Waals surface area contributed by atoms with Crippen molar-refractivity contribution in [1.82, 2.24) is 20.1 Å². The van der Waals surface area contributed by atoms with E-state index in [0.29, 0.717) is 23.3 Å². The van der Waals surface area contributed by atoms with Crippen LogP contribution in [0.1, 0.15) is 43.6 Å². The van der Waals surface area contributed by atoms with Gasteiger partial charge in [-0.2, -0.15) is 0 Å². The van der Waals surface area contributed by atoms with Crippen molar-refractivity contribution in [2.24, 2.45) is 5.92 Å². The molecule has 0 aliphatic carbocycles. The van der Waals surface area contributed by atoms with Crippen molar-refractivity contribution < 1.29 is 14.0 Å². The predicted molar refractivity (Wildman–Crippen MR) is 137 cm³/mol. The summed E-state index contributed by atoms with van der Waals surface area (Å²) in [5.41, 5.74) is 2.70. The largest absolute Gasteiger partial charge is 0.467 e. The minimum atomic E-state index is -0.561. The molecular weight excluding hydrogens is 464 g/mol. The van der Waals surface area contributed by atoms with Crippen LogP contribution >= 0.6 is 11.8 Å². The van der Waals surface area contributed by atoms with Crippen LogP contribution in [0.2, 0.25) is 0 Å². The number of anilines is 2. The number of urea groups is 1. The lowest BCUT2D eigenvalue weighted by atomic mass is 10.00. The minimum absolute atomic E-state index is 0.404. The third-order valence-electron chi connectivity index (χ3n) is 6.18. The molecule has 0 radical (unpaired) electrons. The molecule has 1 atom stereocenters. The van der Waals surface area contributed by atoms with Gasteiger partial charge in [-0.15, -0.1) is 10.2 Å². The van der Waals surface area contributed by atoms with Gasteiger partial charge < -0.3 is 14.6 Å². The maximum Gasteiger partial charge on any atom is 0.325 e. The van der Waals surface area contributed by atoms with E-state index in [2.05, 4.69) is 32.7 Å². The highest BCUT2D eigenvalue weighted by Gasteiger charge is 2.26. The number of aromatic nitrogens is 3. The second kappa shape index (κ2) is 11.0. The van der Waals surface area contributed by atoms with E-state index in [0.717, 1.165) is 48.8 Å². The number of piperidine rings is 1. The molecule has 1 aromatic carbocycles. The number of hydrogen-bond donors (Lipinski definition) is 2.